The summed E-state index contributed by atoms with van der Waals surface area (Å²) in [4.78, 5) is 2.60. The Labute approximate surface area is 125 Å². The Morgan fingerprint density at radius 2 is 1.80 bits per heavy atom. The molecule has 0 spiro atoms. The van der Waals surface area contributed by atoms with Crippen LogP contribution in [0.3, 0.4) is 0 Å². The molecule has 0 aromatic rings. The van der Waals surface area contributed by atoms with Crippen molar-refractivity contribution in [3.63, 3.8) is 0 Å². The number of hydrogen-bond acceptors (Lipinski definition) is 3. The summed E-state index contributed by atoms with van der Waals surface area (Å²) in [5, 5.41) is 13.7. The van der Waals surface area contributed by atoms with Crippen LogP contribution in [0.15, 0.2) is 0 Å². The zero-order chi connectivity index (χ0) is 14.4. The standard InChI is InChI=1S/C17H34N2O/c1-3-5-15-8-11-19(12-9-15)13-17(14-20,16-6-7-16)18-10-4-2/h15-16,18,20H,3-14H2,1-2H3. The minimum atomic E-state index is -0.0202. The Morgan fingerprint density at radius 1 is 1.10 bits per heavy atom. The van der Waals surface area contributed by atoms with Gasteiger partial charge >= 0.3 is 0 Å². The molecule has 3 nitrogen and oxygen atoms in total. The van der Waals surface area contributed by atoms with Gasteiger partial charge in [-0.15, -0.1) is 0 Å². The summed E-state index contributed by atoms with van der Waals surface area (Å²) in [6.07, 6.45) is 9.17. The first kappa shape index (κ1) is 16.3. The predicted octanol–water partition coefficient (Wildman–Crippen LogP) is 2.64. The number of nitrogens with zero attached hydrogens (tertiary/aromatic N) is 1. The smallest absolute Gasteiger partial charge is 0.0628 e. The molecule has 1 atom stereocenters. The molecule has 1 heterocycles. The number of rotatable bonds is 9. The van der Waals surface area contributed by atoms with Gasteiger partial charge in [0.1, 0.15) is 0 Å². The van der Waals surface area contributed by atoms with Crippen molar-refractivity contribution >= 4 is 0 Å². The average molecular weight is 282 g/mol. The first-order valence-electron chi connectivity index (χ1n) is 8.82. The van der Waals surface area contributed by atoms with E-state index >= 15 is 0 Å². The van der Waals surface area contributed by atoms with E-state index in [1.165, 1.54) is 51.6 Å². The maximum Gasteiger partial charge on any atom is 0.0628 e. The molecule has 0 amide bonds. The third kappa shape index (κ3) is 4.19. The SMILES string of the molecule is CCCNC(CO)(CN1CCC(CCC)CC1)C1CC1. The molecule has 0 aromatic heterocycles. The van der Waals surface area contributed by atoms with Crippen LogP contribution in [0.4, 0.5) is 0 Å². The fourth-order valence-electron chi connectivity index (χ4n) is 3.81. The van der Waals surface area contributed by atoms with Crippen LogP contribution in [0, 0.1) is 11.8 Å². The molecule has 2 aliphatic rings. The van der Waals surface area contributed by atoms with Crippen LogP contribution >= 0.6 is 0 Å². The second kappa shape index (κ2) is 7.77. The van der Waals surface area contributed by atoms with Crippen LogP contribution in [-0.2, 0) is 0 Å². The number of nitrogens with one attached hydrogen (secondary N) is 1. The molecule has 2 fully saturated rings. The molecule has 2 N–H and O–H groups in total. The van der Waals surface area contributed by atoms with Crippen LogP contribution in [0.1, 0.15) is 58.8 Å². The zero-order valence-electron chi connectivity index (χ0n) is 13.5. The Hall–Kier alpha value is -0.120. The van der Waals surface area contributed by atoms with Crippen LogP contribution in [0.5, 0.6) is 0 Å². The Balaban J connectivity index is 1.85. The molecule has 0 bridgehead atoms. The fraction of sp³-hybridized carbons (Fsp3) is 1.00. The summed E-state index contributed by atoms with van der Waals surface area (Å²) in [5.41, 5.74) is -0.0202. The Morgan fingerprint density at radius 3 is 2.30 bits per heavy atom. The van der Waals surface area contributed by atoms with E-state index in [-0.39, 0.29) is 5.54 Å². The van der Waals surface area contributed by atoms with Gasteiger partial charge in [-0.05, 0) is 63.6 Å². The molecular weight excluding hydrogens is 248 g/mol. The average Bonchev–Trinajstić information content (AvgIpc) is 3.31. The lowest BCUT2D eigenvalue weighted by molar-refractivity contribution is 0.0716. The van der Waals surface area contributed by atoms with Gasteiger partial charge in [0.2, 0.25) is 0 Å². The van der Waals surface area contributed by atoms with E-state index in [0.717, 1.165) is 25.4 Å². The van der Waals surface area contributed by atoms with Crippen LogP contribution in [0.2, 0.25) is 0 Å². The van der Waals surface area contributed by atoms with Crippen molar-refractivity contribution in [2.45, 2.75) is 64.3 Å². The molecule has 3 heteroatoms. The third-order valence-electron chi connectivity index (χ3n) is 5.28. The molecular formula is C17H34N2O. The number of hydrogen-bond donors (Lipinski definition) is 2. The molecule has 1 saturated heterocycles. The molecule has 0 aromatic carbocycles. The van der Waals surface area contributed by atoms with Crippen molar-refractivity contribution in [2.24, 2.45) is 11.8 Å². The molecule has 1 aliphatic carbocycles. The highest BCUT2D eigenvalue weighted by Crippen LogP contribution is 2.40. The zero-order valence-corrected chi connectivity index (χ0v) is 13.5. The van der Waals surface area contributed by atoms with E-state index in [2.05, 4.69) is 24.1 Å². The van der Waals surface area contributed by atoms with Gasteiger partial charge in [0.25, 0.3) is 0 Å². The number of aliphatic hydroxyl groups excluding tert-OH is 1. The van der Waals surface area contributed by atoms with E-state index in [4.69, 9.17) is 0 Å². The topological polar surface area (TPSA) is 35.5 Å². The highest BCUT2D eigenvalue weighted by molar-refractivity contribution is 5.03. The monoisotopic (exact) mass is 282 g/mol. The van der Waals surface area contributed by atoms with Crippen LogP contribution < -0.4 is 5.32 Å². The largest absolute Gasteiger partial charge is 0.394 e. The van der Waals surface area contributed by atoms with Gasteiger partial charge < -0.3 is 15.3 Å². The summed E-state index contributed by atoms with van der Waals surface area (Å²) < 4.78 is 0. The lowest BCUT2D eigenvalue weighted by Crippen LogP contribution is -2.59. The van der Waals surface area contributed by atoms with Gasteiger partial charge in [0.15, 0.2) is 0 Å². The van der Waals surface area contributed by atoms with Crippen molar-refractivity contribution in [1.29, 1.82) is 0 Å². The second-order valence-corrected chi connectivity index (χ2v) is 7.02. The van der Waals surface area contributed by atoms with Crippen LogP contribution in [0.25, 0.3) is 0 Å². The molecule has 2 rings (SSSR count). The minimum Gasteiger partial charge on any atom is -0.394 e. The van der Waals surface area contributed by atoms with Crippen molar-refractivity contribution in [3.05, 3.63) is 0 Å². The molecule has 1 unspecified atom stereocenters. The summed E-state index contributed by atoms with van der Waals surface area (Å²) >= 11 is 0. The summed E-state index contributed by atoms with van der Waals surface area (Å²) in [5.74, 6) is 1.65. The van der Waals surface area contributed by atoms with Gasteiger partial charge in [0, 0.05) is 6.54 Å². The van der Waals surface area contributed by atoms with Gasteiger partial charge in [-0.2, -0.15) is 0 Å². The van der Waals surface area contributed by atoms with E-state index in [1.54, 1.807) is 0 Å². The number of aliphatic hydroxyl groups is 1. The van der Waals surface area contributed by atoms with Crippen molar-refractivity contribution in [2.75, 3.05) is 32.8 Å². The lowest BCUT2D eigenvalue weighted by Gasteiger charge is -2.41. The van der Waals surface area contributed by atoms with E-state index in [1.807, 2.05) is 0 Å². The van der Waals surface area contributed by atoms with Crippen LogP contribution in [-0.4, -0.2) is 48.3 Å². The normalized spacial score (nSPS) is 24.8. The first-order valence-corrected chi connectivity index (χ1v) is 8.82. The predicted molar refractivity (Wildman–Crippen MR) is 84.9 cm³/mol. The number of likely N-dealkylation sites (tertiary alicyclic amines) is 1. The summed E-state index contributed by atoms with van der Waals surface area (Å²) in [6.45, 7) is 9.34. The lowest BCUT2D eigenvalue weighted by atomic mass is 9.89. The maximum atomic E-state index is 9.99. The fourth-order valence-corrected chi connectivity index (χ4v) is 3.81. The molecule has 1 saturated carbocycles. The Bertz CT molecular complexity index is 272. The third-order valence-corrected chi connectivity index (χ3v) is 5.28. The molecule has 20 heavy (non-hydrogen) atoms. The first-order chi connectivity index (χ1) is 9.74. The summed E-state index contributed by atoms with van der Waals surface area (Å²) in [7, 11) is 0. The van der Waals surface area contributed by atoms with E-state index in [0.29, 0.717) is 12.5 Å². The molecule has 118 valence electrons. The Kier molecular flexibility index (Phi) is 6.31. The van der Waals surface area contributed by atoms with E-state index < -0.39 is 0 Å². The van der Waals surface area contributed by atoms with Gasteiger partial charge in [-0.1, -0.05) is 26.7 Å². The second-order valence-electron chi connectivity index (χ2n) is 7.02. The molecule has 1 aliphatic heterocycles. The van der Waals surface area contributed by atoms with Gasteiger partial charge in [-0.25, -0.2) is 0 Å². The highest BCUT2D eigenvalue weighted by atomic mass is 16.3. The van der Waals surface area contributed by atoms with Crippen molar-refractivity contribution in [1.82, 2.24) is 10.2 Å². The summed E-state index contributed by atoms with van der Waals surface area (Å²) in [6, 6.07) is 0. The maximum absolute atomic E-state index is 9.99. The molecule has 0 radical (unpaired) electrons. The number of piperidine rings is 1. The van der Waals surface area contributed by atoms with Gasteiger partial charge in [0.05, 0.1) is 12.1 Å². The van der Waals surface area contributed by atoms with Gasteiger partial charge in [-0.3, -0.25) is 0 Å². The van der Waals surface area contributed by atoms with E-state index in [9.17, 15) is 5.11 Å². The quantitative estimate of drug-likeness (QED) is 0.682. The minimum absolute atomic E-state index is 0.0202. The van der Waals surface area contributed by atoms with Crippen molar-refractivity contribution in [3.8, 4) is 0 Å². The van der Waals surface area contributed by atoms with Crippen molar-refractivity contribution < 1.29 is 5.11 Å². The highest BCUT2D eigenvalue weighted by Gasteiger charge is 2.45.